The topological polar surface area (TPSA) is 87.4 Å². The van der Waals surface area contributed by atoms with Gasteiger partial charge < -0.3 is 10.3 Å². The number of aromatic nitrogens is 6. The summed E-state index contributed by atoms with van der Waals surface area (Å²) in [4.78, 5) is 8.64. The second-order valence-corrected chi connectivity index (χ2v) is 6.99. The lowest BCUT2D eigenvalue weighted by Gasteiger charge is -2.11. The van der Waals surface area contributed by atoms with Gasteiger partial charge in [-0.15, -0.1) is 5.10 Å². The van der Waals surface area contributed by atoms with Crippen molar-refractivity contribution in [2.45, 2.75) is 13.0 Å². The summed E-state index contributed by atoms with van der Waals surface area (Å²) < 4.78 is 17.6. The molecule has 3 aromatic heterocycles. The van der Waals surface area contributed by atoms with Crippen LogP contribution in [0.15, 0.2) is 73.3 Å². The molecule has 30 heavy (non-hydrogen) atoms. The molecule has 5 rings (SSSR count). The lowest BCUT2D eigenvalue weighted by atomic mass is 10.1. The van der Waals surface area contributed by atoms with Crippen molar-refractivity contribution in [2.24, 2.45) is 0 Å². The van der Waals surface area contributed by atoms with Crippen LogP contribution >= 0.6 is 0 Å². The molecular weight excluding hydrogens is 381 g/mol. The fraction of sp³-hybridized carbons (Fsp3) is 0.0909. The summed E-state index contributed by atoms with van der Waals surface area (Å²) in [6.45, 7) is 1.99. The number of halogens is 1. The Bertz CT molecular complexity index is 1340. The minimum Gasteiger partial charge on any atom is -0.383 e. The Kier molecular flexibility index (Phi) is 4.24. The summed E-state index contributed by atoms with van der Waals surface area (Å²) in [6.07, 6.45) is 5.17. The van der Waals surface area contributed by atoms with Gasteiger partial charge in [-0.05, 0) is 24.6 Å². The quantitative estimate of drug-likeness (QED) is 0.493. The molecule has 0 radical (unpaired) electrons. The van der Waals surface area contributed by atoms with Crippen LogP contribution in [0.3, 0.4) is 0 Å². The van der Waals surface area contributed by atoms with Crippen LogP contribution in [0.5, 0.6) is 0 Å². The molecule has 0 aliphatic carbocycles. The molecule has 1 unspecified atom stereocenters. The summed E-state index contributed by atoms with van der Waals surface area (Å²) in [5, 5.41) is 9.17. The predicted molar refractivity (Wildman–Crippen MR) is 113 cm³/mol. The van der Waals surface area contributed by atoms with E-state index in [2.05, 4.69) is 20.3 Å². The van der Waals surface area contributed by atoms with E-state index in [9.17, 15) is 4.39 Å². The van der Waals surface area contributed by atoms with Crippen molar-refractivity contribution in [1.82, 2.24) is 29.5 Å². The van der Waals surface area contributed by atoms with E-state index in [1.165, 1.54) is 17.1 Å². The van der Waals surface area contributed by atoms with E-state index in [4.69, 9.17) is 5.73 Å². The Hall–Kier alpha value is -4.07. The van der Waals surface area contributed by atoms with Crippen LogP contribution in [-0.2, 0) is 0 Å². The Morgan fingerprint density at radius 2 is 1.73 bits per heavy atom. The molecule has 0 amide bonds. The first-order valence-electron chi connectivity index (χ1n) is 9.47. The average molecular weight is 399 g/mol. The van der Waals surface area contributed by atoms with E-state index in [1.54, 1.807) is 24.4 Å². The lowest BCUT2D eigenvalue weighted by molar-refractivity contribution is 0.607. The molecule has 148 valence electrons. The molecule has 0 spiro atoms. The van der Waals surface area contributed by atoms with Gasteiger partial charge in [0.25, 0.3) is 0 Å². The van der Waals surface area contributed by atoms with Gasteiger partial charge in [0, 0.05) is 11.8 Å². The van der Waals surface area contributed by atoms with Gasteiger partial charge in [0.15, 0.2) is 0 Å². The molecule has 0 aliphatic heterocycles. The van der Waals surface area contributed by atoms with Crippen molar-refractivity contribution >= 4 is 16.9 Å². The largest absolute Gasteiger partial charge is 0.383 e. The molecule has 3 heterocycles. The highest BCUT2D eigenvalue weighted by Gasteiger charge is 2.21. The average Bonchev–Trinajstić information content (AvgIpc) is 3.40. The SMILES string of the molecule is CC(c1cn(-c2ccccc2F)nn1)n1cc(-c2ccccc2)c2c(N)ncnc21. The van der Waals surface area contributed by atoms with Gasteiger partial charge in [0.1, 0.15) is 35.0 Å². The molecule has 5 aromatic rings. The second kappa shape index (κ2) is 7.07. The molecular formula is C22H18FN7. The summed E-state index contributed by atoms with van der Waals surface area (Å²) in [6, 6.07) is 16.2. The number of anilines is 1. The molecule has 0 saturated carbocycles. The number of hydrogen-bond acceptors (Lipinski definition) is 5. The summed E-state index contributed by atoms with van der Waals surface area (Å²) in [5.41, 5.74) is 9.89. The summed E-state index contributed by atoms with van der Waals surface area (Å²) >= 11 is 0. The number of nitrogen functional groups attached to an aromatic ring is 1. The number of hydrogen-bond donors (Lipinski definition) is 1. The van der Waals surface area contributed by atoms with Crippen LogP contribution in [0.4, 0.5) is 10.2 Å². The maximum absolute atomic E-state index is 14.1. The molecule has 7 nitrogen and oxygen atoms in total. The van der Waals surface area contributed by atoms with Crippen LogP contribution in [0, 0.1) is 5.82 Å². The summed E-state index contributed by atoms with van der Waals surface area (Å²) in [7, 11) is 0. The third kappa shape index (κ3) is 2.89. The highest BCUT2D eigenvalue weighted by atomic mass is 19.1. The number of fused-ring (bicyclic) bond motifs is 1. The van der Waals surface area contributed by atoms with Crippen molar-refractivity contribution in [3.8, 4) is 16.8 Å². The van der Waals surface area contributed by atoms with E-state index in [0.29, 0.717) is 22.8 Å². The second-order valence-electron chi connectivity index (χ2n) is 6.99. The monoisotopic (exact) mass is 399 g/mol. The van der Waals surface area contributed by atoms with Crippen LogP contribution < -0.4 is 5.73 Å². The maximum Gasteiger partial charge on any atom is 0.148 e. The van der Waals surface area contributed by atoms with E-state index >= 15 is 0 Å². The standard InChI is InChI=1S/C22H18FN7/c1-14(18-12-30(28-27-18)19-10-6-5-9-17(19)23)29-11-16(15-7-3-2-4-8-15)20-21(24)25-13-26-22(20)29/h2-14H,1H3,(H2,24,25,26). The molecule has 1 atom stereocenters. The van der Waals surface area contributed by atoms with Crippen LogP contribution in [-0.4, -0.2) is 29.5 Å². The number of benzene rings is 2. The first-order chi connectivity index (χ1) is 14.6. The Morgan fingerprint density at radius 1 is 0.967 bits per heavy atom. The van der Waals surface area contributed by atoms with Gasteiger partial charge in [-0.2, -0.15) is 0 Å². The van der Waals surface area contributed by atoms with E-state index in [-0.39, 0.29) is 11.9 Å². The molecule has 0 fully saturated rings. The third-order valence-corrected chi connectivity index (χ3v) is 5.18. The zero-order chi connectivity index (χ0) is 20.7. The molecule has 2 N–H and O–H groups in total. The van der Waals surface area contributed by atoms with Gasteiger partial charge in [0.2, 0.25) is 0 Å². The van der Waals surface area contributed by atoms with E-state index in [0.717, 1.165) is 16.5 Å². The smallest absolute Gasteiger partial charge is 0.148 e. The van der Waals surface area contributed by atoms with Crippen molar-refractivity contribution in [2.75, 3.05) is 5.73 Å². The number of nitrogens with zero attached hydrogens (tertiary/aromatic N) is 6. The molecule has 0 aliphatic rings. The van der Waals surface area contributed by atoms with Crippen molar-refractivity contribution in [3.63, 3.8) is 0 Å². The number of rotatable bonds is 4. The van der Waals surface area contributed by atoms with Gasteiger partial charge in [-0.1, -0.05) is 47.7 Å². The Labute approximate surface area is 171 Å². The first-order valence-corrected chi connectivity index (χ1v) is 9.47. The zero-order valence-electron chi connectivity index (χ0n) is 16.1. The Balaban J connectivity index is 1.62. The van der Waals surface area contributed by atoms with Crippen LogP contribution in [0.1, 0.15) is 18.7 Å². The van der Waals surface area contributed by atoms with Crippen molar-refractivity contribution in [3.05, 3.63) is 84.8 Å². The first kappa shape index (κ1) is 18.0. The molecule has 0 bridgehead atoms. The lowest BCUT2D eigenvalue weighted by Crippen LogP contribution is -2.07. The van der Waals surface area contributed by atoms with Crippen LogP contribution in [0.2, 0.25) is 0 Å². The minimum atomic E-state index is -0.361. The maximum atomic E-state index is 14.1. The fourth-order valence-corrected chi connectivity index (χ4v) is 3.61. The van der Waals surface area contributed by atoms with Gasteiger partial charge >= 0.3 is 0 Å². The van der Waals surface area contributed by atoms with Gasteiger partial charge in [0.05, 0.1) is 17.6 Å². The van der Waals surface area contributed by atoms with Crippen LogP contribution in [0.25, 0.3) is 27.8 Å². The van der Waals surface area contributed by atoms with Gasteiger partial charge in [-0.25, -0.2) is 19.0 Å². The minimum absolute atomic E-state index is 0.209. The fourth-order valence-electron chi connectivity index (χ4n) is 3.61. The zero-order valence-corrected chi connectivity index (χ0v) is 16.1. The van der Waals surface area contributed by atoms with Crippen molar-refractivity contribution < 1.29 is 4.39 Å². The highest BCUT2D eigenvalue weighted by molar-refractivity contribution is 6.00. The normalized spacial score (nSPS) is 12.3. The van der Waals surface area contributed by atoms with E-state index < -0.39 is 0 Å². The third-order valence-electron chi connectivity index (χ3n) is 5.18. The highest BCUT2D eigenvalue weighted by Crippen LogP contribution is 2.35. The molecule has 0 saturated heterocycles. The number of nitrogens with two attached hydrogens (primary N) is 1. The van der Waals surface area contributed by atoms with Crippen molar-refractivity contribution in [1.29, 1.82) is 0 Å². The molecule has 2 aromatic carbocycles. The predicted octanol–water partition coefficient (Wildman–Crippen LogP) is 4.01. The van der Waals surface area contributed by atoms with E-state index in [1.807, 2.05) is 48.0 Å². The van der Waals surface area contributed by atoms with Gasteiger partial charge in [-0.3, -0.25) is 0 Å². The molecule has 8 heteroatoms. The number of para-hydroxylation sites is 1. The Morgan fingerprint density at radius 3 is 2.53 bits per heavy atom. The summed E-state index contributed by atoms with van der Waals surface area (Å²) in [5.74, 6) is 0.0553.